The monoisotopic (exact) mass is 695 g/mol. The third kappa shape index (κ3) is 4.73. The Labute approximate surface area is 309 Å². The second-order valence-corrected chi connectivity index (χ2v) is 16.5. The summed E-state index contributed by atoms with van der Waals surface area (Å²) in [5.41, 5.74) is 9.67. The summed E-state index contributed by atoms with van der Waals surface area (Å²) in [4.78, 5) is 5.39. The Morgan fingerprint density at radius 1 is 0.396 bits per heavy atom. The summed E-state index contributed by atoms with van der Waals surface area (Å²) in [7, 11) is -3.20. The molecule has 0 unspecified atom stereocenters. The van der Waals surface area contributed by atoms with Gasteiger partial charge in [-0.3, -0.25) is 0 Å². The minimum atomic E-state index is -3.20. The minimum absolute atomic E-state index is 0.509. The van der Waals surface area contributed by atoms with Crippen LogP contribution < -0.4 is 15.9 Å². The smallest absolute Gasteiger partial charge is 0.171 e. The zero-order valence-corrected chi connectivity index (χ0v) is 29.8. The molecule has 0 spiro atoms. The Balaban J connectivity index is 1.28. The van der Waals surface area contributed by atoms with Crippen molar-refractivity contribution in [3.63, 3.8) is 0 Å². The summed E-state index contributed by atoms with van der Waals surface area (Å²) in [6.45, 7) is 0. The van der Waals surface area contributed by atoms with Crippen LogP contribution in [-0.2, 0) is 9.98 Å². The fraction of sp³-hybridized carbons (Fsp3) is 0.0200. The highest BCUT2D eigenvalue weighted by Crippen LogP contribution is 2.57. The van der Waals surface area contributed by atoms with Crippen LogP contribution in [0.2, 0.25) is 0 Å². The van der Waals surface area contributed by atoms with Crippen molar-refractivity contribution in [2.24, 2.45) is 0 Å². The first-order chi connectivity index (χ1) is 26.2. The van der Waals surface area contributed by atoms with E-state index < -0.39 is 12.6 Å². The number of nitrogens with zero attached hydrogens (tertiary/aromatic N) is 1. The highest BCUT2D eigenvalue weighted by atomic mass is 31.2. The number of pyridine rings is 1. The second-order valence-electron chi connectivity index (χ2n) is 13.8. The molecule has 1 aliphatic carbocycles. The zero-order valence-electron chi connectivity index (χ0n) is 28.9. The van der Waals surface area contributed by atoms with Gasteiger partial charge in [-0.05, 0) is 63.0 Å². The molecule has 0 fully saturated rings. The van der Waals surface area contributed by atoms with Crippen LogP contribution in [0, 0.1) is 0 Å². The molecule has 0 bridgehead atoms. The van der Waals surface area contributed by atoms with Gasteiger partial charge in [-0.15, -0.1) is 0 Å². The average Bonchev–Trinajstić information content (AvgIpc) is 3.53. The average molecular weight is 696 g/mol. The first-order valence-electron chi connectivity index (χ1n) is 18.1. The van der Waals surface area contributed by atoms with Gasteiger partial charge in [0.25, 0.3) is 0 Å². The molecule has 9 aromatic rings. The highest BCUT2D eigenvalue weighted by molar-refractivity contribution is 7.85. The molecule has 0 amide bonds. The first-order valence-corrected chi connectivity index (χ1v) is 19.8. The number of aromatic nitrogens is 1. The van der Waals surface area contributed by atoms with Gasteiger partial charge in [0.2, 0.25) is 0 Å². The van der Waals surface area contributed by atoms with Gasteiger partial charge in [0.05, 0.1) is 16.6 Å². The SMILES string of the molecule is O=P(c1ccccc1)(c1ccccc1)c1cccc(-c2nc3ccccc3c3cc4c(cc23)-c2ccccc2C4(c2ccccc2)c2ccccc2)c1. The van der Waals surface area contributed by atoms with Crippen LogP contribution in [0.1, 0.15) is 22.3 Å². The molecule has 0 saturated heterocycles. The van der Waals surface area contributed by atoms with E-state index in [-0.39, 0.29) is 0 Å². The fourth-order valence-corrected chi connectivity index (χ4v) is 11.4. The number of hydrogen-bond donors (Lipinski definition) is 0. The van der Waals surface area contributed by atoms with E-state index in [0.717, 1.165) is 48.8 Å². The quantitative estimate of drug-likeness (QED) is 0.128. The molecular formula is C50H34NOP. The van der Waals surface area contributed by atoms with E-state index in [1.54, 1.807) is 0 Å². The van der Waals surface area contributed by atoms with E-state index in [1.165, 1.54) is 33.4 Å². The predicted octanol–water partition coefficient (Wildman–Crippen LogP) is 11.1. The summed E-state index contributed by atoms with van der Waals surface area (Å²) in [5, 5.41) is 5.73. The zero-order chi connectivity index (χ0) is 35.4. The van der Waals surface area contributed by atoms with E-state index in [1.807, 2.05) is 72.8 Å². The van der Waals surface area contributed by atoms with Gasteiger partial charge < -0.3 is 4.57 Å². The van der Waals surface area contributed by atoms with Crippen molar-refractivity contribution < 1.29 is 4.57 Å². The molecule has 1 heterocycles. The maximum absolute atomic E-state index is 15.5. The summed E-state index contributed by atoms with van der Waals surface area (Å²) in [6.07, 6.45) is 0. The summed E-state index contributed by atoms with van der Waals surface area (Å²) < 4.78 is 15.5. The lowest BCUT2D eigenvalue weighted by molar-refractivity contribution is 0.592. The molecule has 3 heteroatoms. The molecule has 8 aromatic carbocycles. The lowest BCUT2D eigenvalue weighted by atomic mass is 9.67. The standard InChI is InChI=1S/C50H34NOP/c52-53(38-23-9-3-10-24-38,39-25-11-4-12-26-39)40-27-17-18-35(32-40)49-45-33-44-41-28-13-15-30-46(41)50(36-19-5-1-6-20-36,37-21-7-2-8-22-37)47(44)34-43(45)42-29-14-16-31-48(42)51-49/h1-34H. The van der Waals surface area contributed by atoms with E-state index >= 15 is 4.57 Å². The lowest BCUT2D eigenvalue weighted by Crippen LogP contribution is -2.28. The van der Waals surface area contributed by atoms with Crippen LogP contribution in [0.15, 0.2) is 206 Å². The number of para-hydroxylation sites is 1. The Bertz CT molecular complexity index is 2770. The van der Waals surface area contributed by atoms with Gasteiger partial charge in [-0.1, -0.05) is 182 Å². The van der Waals surface area contributed by atoms with Crippen LogP contribution >= 0.6 is 7.14 Å². The molecule has 0 aliphatic heterocycles. The number of fused-ring (bicyclic) bond motifs is 6. The third-order valence-electron chi connectivity index (χ3n) is 11.0. The van der Waals surface area contributed by atoms with Crippen molar-refractivity contribution in [3.8, 4) is 22.4 Å². The Kier molecular flexibility index (Phi) is 7.35. The number of rotatable bonds is 6. The molecule has 0 atom stereocenters. The van der Waals surface area contributed by atoms with Gasteiger partial charge in [0.1, 0.15) is 0 Å². The lowest BCUT2D eigenvalue weighted by Gasteiger charge is -2.34. The maximum atomic E-state index is 15.5. The summed E-state index contributed by atoms with van der Waals surface area (Å²) in [6, 6.07) is 72.0. The van der Waals surface area contributed by atoms with Crippen molar-refractivity contribution in [3.05, 3.63) is 229 Å². The molecule has 53 heavy (non-hydrogen) atoms. The van der Waals surface area contributed by atoms with Crippen LogP contribution in [0.4, 0.5) is 0 Å². The Morgan fingerprint density at radius 2 is 0.943 bits per heavy atom. The summed E-state index contributed by atoms with van der Waals surface area (Å²) >= 11 is 0. The topological polar surface area (TPSA) is 30.0 Å². The van der Waals surface area contributed by atoms with Crippen molar-refractivity contribution in [1.29, 1.82) is 0 Å². The molecule has 0 radical (unpaired) electrons. The predicted molar refractivity (Wildman–Crippen MR) is 221 cm³/mol. The highest BCUT2D eigenvalue weighted by Gasteiger charge is 2.46. The van der Waals surface area contributed by atoms with E-state index in [0.29, 0.717) is 0 Å². The van der Waals surface area contributed by atoms with Gasteiger partial charge in [0, 0.05) is 32.2 Å². The number of hydrogen-bond acceptors (Lipinski definition) is 2. The van der Waals surface area contributed by atoms with Gasteiger partial charge >= 0.3 is 0 Å². The summed E-state index contributed by atoms with van der Waals surface area (Å²) in [5.74, 6) is 0. The molecule has 0 N–H and O–H groups in total. The van der Waals surface area contributed by atoms with Crippen LogP contribution in [0.25, 0.3) is 44.1 Å². The van der Waals surface area contributed by atoms with Gasteiger partial charge in [0.15, 0.2) is 7.14 Å². The van der Waals surface area contributed by atoms with Crippen molar-refractivity contribution >= 4 is 44.7 Å². The molecule has 250 valence electrons. The third-order valence-corrected chi connectivity index (χ3v) is 14.1. The van der Waals surface area contributed by atoms with Crippen LogP contribution in [0.3, 0.4) is 0 Å². The Morgan fingerprint density at radius 3 is 1.60 bits per heavy atom. The van der Waals surface area contributed by atoms with Crippen molar-refractivity contribution in [2.45, 2.75) is 5.41 Å². The molecular weight excluding hydrogens is 662 g/mol. The maximum Gasteiger partial charge on any atom is 0.171 e. The second kappa shape index (κ2) is 12.4. The van der Waals surface area contributed by atoms with Gasteiger partial charge in [-0.2, -0.15) is 0 Å². The van der Waals surface area contributed by atoms with Crippen LogP contribution in [0.5, 0.6) is 0 Å². The molecule has 1 aromatic heterocycles. The van der Waals surface area contributed by atoms with Crippen LogP contribution in [-0.4, -0.2) is 4.98 Å². The molecule has 2 nitrogen and oxygen atoms in total. The van der Waals surface area contributed by atoms with E-state index in [4.69, 9.17) is 4.98 Å². The fourth-order valence-electron chi connectivity index (χ4n) is 8.68. The largest absolute Gasteiger partial charge is 0.309 e. The molecule has 10 rings (SSSR count). The first kappa shape index (κ1) is 31.4. The molecule has 0 saturated carbocycles. The van der Waals surface area contributed by atoms with Crippen molar-refractivity contribution in [2.75, 3.05) is 0 Å². The van der Waals surface area contributed by atoms with Gasteiger partial charge in [-0.25, -0.2) is 4.98 Å². The molecule has 1 aliphatic rings. The minimum Gasteiger partial charge on any atom is -0.309 e. The Hall–Kier alpha value is -6.34. The number of benzene rings is 8. The van der Waals surface area contributed by atoms with Crippen molar-refractivity contribution in [1.82, 2.24) is 4.98 Å². The van der Waals surface area contributed by atoms with E-state index in [2.05, 4.69) is 133 Å². The van der Waals surface area contributed by atoms with E-state index in [9.17, 15) is 0 Å². The normalized spacial score (nSPS) is 13.1.